The predicted molar refractivity (Wildman–Crippen MR) is 90.3 cm³/mol. The number of carbonyl (C=O) groups is 1. The molecule has 1 heterocycles. The second kappa shape index (κ2) is 6.36. The molecule has 0 spiro atoms. The Morgan fingerprint density at radius 2 is 2.00 bits per heavy atom. The number of amides is 1. The second-order valence-electron chi connectivity index (χ2n) is 7.32. The minimum Gasteiger partial charge on any atom is -0.378 e. The maximum Gasteiger partial charge on any atom is 0.224 e. The lowest BCUT2D eigenvalue weighted by Crippen LogP contribution is -2.38. The highest BCUT2D eigenvalue weighted by Crippen LogP contribution is 2.57. The van der Waals surface area contributed by atoms with E-state index in [2.05, 4.69) is 10.2 Å². The van der Waals surface area contributed by atoms with E-state index in [1.165, 1.54) is 25.3 Å². The molecule has 3 aliphatic rings. The van der Waals surface area contributed by atoms with Crippen LogP contribution in [0, 0.1) is 23.6 Å². The van der Waals surface area contributed by atoms with E-state index in [1.807, 2.05) is 13.0 Å². The van der Waals surface area contributed by atoms with Gasteiger partial charge in [0.2, 0.25) is 5.91 Å². The van der Waals surface area contributed by atoms with E-state index in [0.717, 1.165) is 24.3 Å². The van der Waals surface area contributed by atoms with Crippen LogP contribution in [0.15, 0.2) is 18.2 Å². The first-order valence-corrected chi connectivity index (χ1v) is 9.07. The molecule has 130 valence electrons. The van der Waals surface area contributed by atoms with Crippen LogP contribution in [-0.2, 0) is 9.53 Å². The van der Waals surface area contributed by atoms with Crippen LogP contribution in [0.2, 0.25) is 0 Å². The number of benzene rings is 1. The molecule has 1 aliphatic heterocycles. The molecule has 1 aromatic carbocycles. The normalized spacial score (nSPS) is 29.9. The molecule has 1 saturated heterocycles. The monoisotopic (exact) mass is 332 g/mol. The van der Waals surface area contributed by atoms with Crippen LogP contribution in [-0.4, -0.2) is 32.2 Å². The van der Waals surface area contributed by atoms with Crippen molar-refractivity contribution in [1.82, 2.24) is 5.32 Å². The molecule has 0 aromatic heterocycles. The molecule has 3 atom stereocenters. The number of ether oxygens (including phenoxy) is 1. The van der Waals surface area contributed by atoms with E-state index in [9.17, 15) is 9.18 Å². The van der Waals surface area contributed by atoms with Crippen molar-refractivity contribution in [2.24, 2.45) is 17.8 Å². The van der Waals surface area contributed by atoms with E-state index >= 15 is 0 Å². The van der Waals surface area contributed by atoms with E-state index in [0.29, 0.717) is 25.0 Å². The van der Waals surface area contributed by atoms with Crippen molar-refractivity contribution in [2.75, 3.05) is 31.2 Å². The number of morpholine rings is 1. The molecular formula is C19H25FN2O2. The summed E-state index contributed by atoms with van der Waals surface area (Å²) in [7, 11) is 0. The molecule has 4 rings (SSSR count). The summed E-state index contributed by atoms with van der Waals surface area (Å²) >= 11 is 0. The number of rotatable bonds is 4. The zero-order chi connectivity index (χ0) is 16.7. The molecule has 0 radical (unpaired) electrons. The summed E-state index contributed by atoms with van der Waals surface area (Å²) in [5.74, 6) is 1.29. The summed E-state index contributed by atoms with van der Waals surface area (Å²) in [5, 5.41) is 3.13. The maximum atomic E-state index is 13.8. The van der Waals surface area contributed by atoms with Crippen molar-refractivity contribution in [1.29, 1.82) is 0 Å². The Balaban J connectivity index is 1.49. The van der Waals surface area contributed by atoms with Crippen LogP contribution in [0.4, 0.5) is 10.1 Å². The summed E-state index contributed by atoms with van der Waals surface area (Å²) in [6.45, 7) is 4.92. The van der Waals surface area contributed by atoms with Gasteiger partial charge in [-0.3, -0.25) is 4.79 Å². The number of fused-ring (bicyclic) bond motifs is 1. The summed E-state index contributed by atoms with van der Waals surface area (Å²) in [6.07, 6.45) is 3.64. The minimum atomic E-state index is -0.258. The first-order valence-electron chi connectivity index (χ1n) is 9.07. The van der Waals surface area contributed by atoms with Crippen LogP contribution >= 0.6 is 0 Å². The lowest BCUT2D eigenvalue weighted by Gasteiger charge is -2.32. The summed E-state index contributed by atoms with van der Waals surface area (Å²) < 4.78 is 19.2. The highest BCUT2D eigenvalue weighted by atomic mass is 19.1. The van der Waals surface area contributed by atoms with Gasteiger partial charge < -0.3 is 15.0 Å². The van der Waals surface area contributed by atoms with Gasteiger partial charge in [-0.05, 0) is 49.8 Å². The van der Waals surface area contributed by atoms with Crippen molar-refractivity contribution in [2.45, 2.75) is 32.2 Å². The van der Waals surface area contributed by atoms with Crippen molar-refractivity contribution >= 4 is 11.6 Å². The first kappa shape index (κ1) is 15.9. The molecule has 5 heteroatoms. The quantitative estimate of drug-likeness (QED) is 0.922. The highest BCUT2D eigenvalue weighted by Gasteiger charge is 2.56. The molecule has 2 aliphatic carbocycles. The lowest BCUT2D eigenvalue weighted by atomic mass is 10.0. The molecule has 1 N–H and O–H groups in total. The third-order valence-corrected chi connectivity index (χ3v) is 5.88. The van der Waals surface area contributed by atoms with Crippen LogP contribution in [0.5, 0.6) is 0 Å². The largest absolute Gasteiger partial charge is 0.378 e. The molecule has 1 amide bonds. The van der Waals surface area contributed by atoms with Crippen molar-refractivity contribution < 1.29 is 13.9 Å². The van der Waals surface area contributed by atoms with Crippen molar-refractivity contribution in [3.8, 4) is 0 Å². The SMILES string of the molecule is C[C@H](NC(=O)C1[C@@H]2CCC[C@@H]12)c1cc(F)ccc1N1CCOCC1. The number of hydrogen-bond acceptors (Lipinski definition) is 3. The fourth-order valence-electron chi connectivity index (χ4n) is 4.56. The topological polar surface area (TPSA) is 41.6 Å². The number of hydrogen-bond donors (Lipinski definition) is 1. The van der Waals surface area contributed by atoms with Crippen LogP contribution in [0.1, 0.15) is 37.8 Å². The Labute approximate surface area is 142 Å². The average Bonchev–Trinajstić information content (AvgIpc) is 3.08. The molecule has 0 bridgehead atoms. The van der Waals surface area contributed by atoms with Crippen molar-refractivity contribution in [3.05, 3.63) is 29.6 Å². The van der Waals surface area contributed by atoms with E-state index in [4.69, 9.17) is 4.74 Å². The Morgan fingerprint density at radius 3 is 2.71 bits per heavy atom. The smallest absolute Gasteiger partial charge is 0.224 e. The molecule has 24 heavy (non-hydrogen) atoms. The van der Waals surface area contributed by atoms with E-state index < -0.39 is 0 Å². The Hall–Kier alpha value is -1.62. The Kier molecular flexibility index (Phi) is 4.21. The molecule has 1 aromatic rings. The zero-order valence-electron chi connectivity index (χ0n) is 14.1. The van der Waals surface area contributed by atoms with Crippen LogP contribution in [0.3, 0.4) is 0 Å². The Morgan fingerprint density at radius 1 is 1.29 bits per heavy atom. The predicted octanol–water partition coefficient (Wildman–Crippen LogP) is 2.89. The van der Waals surface area contributed by atoms with Gasteiger partial charge in [0, 0.05) is 30.3 Å². The third kappa shape index (κ3) is 2.90. The van der Waals surface area contributed by atoms with E-state index in [1.54, 1.807) is 6.07 Å². The van der Waals surface area contributed by atoms with Crippen molar-refractivity contribution in [3.63, 3.8) is 0 Å². The number of anilines is 1. The minimum absolute atomic E-state index is 0.148. The zero-order valence-corrected chi connectivity index (χ0v) is 14.1. The fourth-order valence-corrected chi connectivity index (χ4v) is 4.56. The first-order chi connectivity index (χ1) is 11.6. The summed E-state index contributed by atoms with van der Waals surface area (Å²) in [5.41, 5.74) is 1.86. The molecule has 0 unspecified atom stereocenters. The number of nitrogens with one attached hydrogen (secondary N) is 1. The van der Waals surface area contributed by atoms with Gasteiger partial charge in [0.1, 0.15) is 5.82 Å². The molecule has 2 saturated carbocycles. The maximum absolute atomic E-state index is 13.8. The van der Waals surface area contributed by atoms with Gasteiger partial charge in [0.25, 0.3) is 0 Å². The molecular weight excluding hydrogens is 307 g/mol. The number of halogens is 1. The van der Waals surface area contributed by atoms with Gasteiger partial charge in [-0.1, -0.05) is 6.42 Å². The van der Waals surface area contributed by atoms with Gasteiger partial charge in [-0.2, -0.15) is 0 Å². The van der Waals surface area contributed by atoms with Gasteiger partial charge in [0.15, 0.2) is 0 Å². The van der Waals surface area contributed by atoms with Gasteiger partial charge in [0.05, 0.1) is 19.3 Å². The molecule has 4 nitrogen and oxygen atoms in total. The lowest BCUT2D eigenvalue weighted by molar-refractivity contribution is -0.123. The Bertz CT molecular complexity index is 620. The standard InChI is InChI=1S/C19H25FN2O2/c1-12(21-19(23)18-14-3-2-4-15(14)18)16-11-13(20)5-6-17(16)22-7-9-24-10-8-22/h5-6,11-12,14-15,18H,2-4,7-10H2,1H3,(H,21,23)/t12-,14+,15+/m0/s1. The van der Waals surface area contributed by atoms with Crippen LogP contribution in [0.25, 0.3) is 0 Å². The third-order valence-electron chi connectivity index (χ3n) is 5.88. The number of nitrogens with zero attached hydrogens (tertiary/aromatic N) is 1. The van der Waals surface area contributed by atoms with Gasteiger partial charge in [-0.25, -0.2) is 4.39 Å². The molecule has 3 fully saturated rings. The van der Waals surface area contributed by atoms with Gasteiger partial charge >= 0.3 is 0 Å². The fraction of sp³-hybridized carbons (Fsp3) is 0.632. The van der Waals surface area contributed by atoms with Gasteiger partial charge in [-0.15, -0.1) is 0 Å². The van der Waals surface area contributed by atoms with E-state index in [-0.39, 0.29) is 23.7 Å². The second-order valence-corrected chi connectivity index (χ2v) is 7.32. The number of carbonyl (C=O) groups excluding carboxylic acids is 1. The summed E-state index contributed by atoms with van der Waals surface area (Å²) in [6, 6.07) is 4.69. The average molecular weight is 332 g/mol. The summed E-state index contributed by atoms with van der Waals surface area (Å²) in [4.78, 5) is 14.8. The highest BCUT2D eigenvalue weighted by molar-refractivity contribution is 5.83. The van der Waals surface area contributed by atoms with Crippen LogP contribution < -0.4 is 10.2 Å².